The first-order valence-corrected chi connectivity index (χ1v) is 6.63. The van der Waals surface area contributed by atoms with Crippen LogP contribution in [0.5, 0.6) is 0 Å². The lowest BCUT2D eigenvalue weighted by Gasteiger charge is -2.16. The molecule has 0 fully saturated rings. The molecule has 3 heteroatoms. The molecule has 1 heterocycles. The average molecular weight is 210 g/mol. The van der Waals surface area contributed by atoms with E-state index in [0.29, 0.717) is 10.6 Å². The minimum Gasteiger partial charge on any atom is -0.224 e. The van der Waals surface area contributed by atoms with Gasteiger partial charge in [-0.2, -0.15) is 0 Å². The zero-order valence-electron chi connectivity index (χ0n) is 8.29. The van der Waals surface area contributed by atoms with E-state index in [9.17, 15) is 8.42 Å². The first-order valence-electron chi connectivity index (χ1n) is 4.98. The van der Waals surface area contributed by atoms with Crippen LogP contribution in [0, 0.1) is 0 Å². The second kappa shape index (κ2) is 3.39. The van der Waals surface area contributed by atoms with Crippen molar-refractivity contribution in [2.75, 3.05) is 5.75 Å². The van der Waals surface area contributed by atoms with Crippen LogP contribution in [0.3, 0.4) is 0 Å². The van der Waals surface area contributed by atoms with Gasteiger partial charge in [-0.25, -0.2) is 8.42 Å². The summed E-state index contributed by atoms with van der Waals surface area (Å²) in [5.74, 6) is 0.311. The Morgan fingerprint density at radius 2 is 2.14 bits per heavy atom. The van der Waals surface area contributed by atoms with Crippen LogP contribution in [-0.2, 0) is 22.7 Å². The van der Waals surface area contributed by atoms with Gasteiger partial charge in [-0.15, -0.1) is 0 Å². The maximum atomic E-state index is 11.7. The van der Waals surface area contributed by atoms with Crippen molar-refractivity contribution in [3.05, 3.63) is 29.3 Å². The summed E-state index contributed by atoms with van der Waals surface area (Å²) in [4.78, 5) is 0.556. The van der Waals surface area contributed by atoms with Gasteiger partial charge in [-0.1, -0.05) is 19.1 Å². The van der Waals surface area contributed by atoms with Crippen LogP contribution in [0.4, 0.5) is 0 Å². The molecule has 1 aliphatic heterocycles. The average Bonchev–Trinajstić information content (AvgIpc) is 2.16. The summed E-state index contributed by atoms with van der Waals surface area (Å²) in [6, 6.07) is 5.72. The molecule has 0 spiro atoms. The molecule has 0 atom stereocenters. The Kier molecular flexibility index (Phi) is 2.35. The molecule has 0 N–H and O–H groups in total. The van der Waals surface area contributed by atoms with Gasteiger partial charge in [0.15, 0.2) is 9.84 Å². The quantitative estimate of drug-likeness (QED) is 0.710. The van der Waals surface area contributed by atoms with Crippen LogP contribution < -0.4 is 0 Å². The molecule has 14 heavy (non-hydrogen) atoms. The topological polar surface area (TPSA) is 34.1 Å². The van der Waals surface area contributed by atoms with E-state index in [1.54, 1.807) is 6.07 Å². The predicted octanol–water partition coefficient (Wildman–Crippen LogP) is 1.97. The number of sulfone groups is 1. The van der Waals surface area contributed by atoms with E-state index >= 15 is 0 Å². The molecule has 0 saturated carbocycles. The highest BCUT2D eigenvalue weighted by Gasteiger charge is 2.22. The van der Waals surface area contributed by atoms with Crippen molar-refractivity contribution < 1.29 is 8.42 Å². The Hall–Kier alpha value is -0.830. The molecule has 0 saturated heterocycles. The molecular weight excluding hydrogens is 196 g/mol. The van der Waals surface area contributed by atoms with E-state index in [-0.39, 0.29) is 0 Å². The van der Waals surface area contributed by atoms with Crippen LogP contribution in [0.1, 0.15) is 24.5 Å². The summed E-state index contributed by atoms with van der Waals surface area (Å²) in [6.45, 7) is 2.08. The fraction of sp³-hybridized carbons (Fsp3) is 0.455. The fourth-order valence-electron chi connectivity index (χ4n) is 1.91. The molecule has 0 unspecified atom stereocenters. The number of fused-ring (bicyclic) bond motifs is 1. The van der Waals surface area contributed by atoms with Crippen LogP contribution in [0.15, 0.2) is 23.1 Å². The van der Waals surface area contributed by atoms with Crippen molar-refractivity contribution in [1.82, 2.24) is 0 Å². The zero-order valence-corrected chi connectivity index (χ0v) is 9.10. The van der Waals surface area contributed by atoms with Crippen LogP contribution in [0.2, 0.25) is 0 Å². The minimum atomic E-state index is -2.97. The molecule has 1 aromatic rings. The molecule has 2 rings (SSSR count). The Balaban J connectivity index is 2.58. The highest BCUT2D eigenvalue weighted by molar-refractivity contribution is 7.91. The van der Waals surface area contributed by atoms with Crippen LogP contribution in [0.25, 0.3) is 0 Å². The lowest BCUT2D eigenvalue weighted by Crippen LogP contribution is -2.16. The second-order valence-electron chi connectivity index (χ2n) is 3.72. The first-order chi connectivity index (χ1) is 6.63. The van der Waals surface area contributed by atoms with E-state index in [2.05, 4.69) is 6.92 Å². The Bertz CT molecular complexity index is 446. The Labute approximate surface area is 84.9 Å². The molecule has 1 aromatic carbocycles. The summed E-state index contributed by atoms with van der Waals surface area (Å²) < 4.78 is 23.3. The number of hydrogen-bond acceptors (Lipinski definition) is 2. The molecular formula is C11H14O2S. The maximum Gasteiger partial charge on any atom is 0.178 e. The summed E-state index contributed by atoms with van der Waals surface area (Å²) >= 11 is 0. The first kappa shape index (κ1) is 9.71. The van der Waals surface area contributed by atoms with Crippen LogP contribution in [-0.4, -0.2) is 14.2 Å². The molecule has 2 nitrogen and oxygen atoms in total. The molecule has 0 amide bonds. The van der Waals surface area contributed by atoms with E-state index in [4.69, 9.17) is 0 Å². The normalized spacial score (nSPS) is 18.9. The van der Waals surface area contributed by atoms with Gasteiger partial charge in [0, 0.05) is 0 Å². The van der Waals surface area contributed by atoms with E-state index < -0.39 is 9.84 Å². The molecule has 0 aliphatic carbocycles. The monoisotopic (exact) mass is 210 g/mol. The van der Waals surface area contributed by atoms with Crippen molar-refractivity contribution in [1.29, 1.82) is 0 Å². The van der Waals surface area contributed by atoms with Gasteiger partial charge in [0.25, 0.3) is 0 Å². The van der Waals surface area contributed by atoms with Crippen molar-refractivity contribution in [2.45, 2.75) is 31.1 Å². The summed E-state index contributed by atoms with van der Waals surface area (Å²) in [5, 5.41) is 0. The molecule has 76 valence electrons. The summed E-state index contributed by atoms with van der Waals surface area (Å²) in [6.07, 6.45) is 2.64. The summed E-state index contributed by atoms with van der Waals surface area (Å²) in [5.41, 5.74) is 2.23. The van der Waals surface area contributed by atoms with E-state index in [1.165, 1.54) is 5.56 Å². The van der Waals surface area contributed by atoms with Gasteiger partial charge in [0.05, 0.1) is 10.6 Å². The Morgan fingerprint density at radius 1 is 1.36 bits per heavy atom. The molecule has 0 aromatic heterocycles. The van der Waals surface area contributed by atoms with Crippen molar-refractivity contribution in [3.63, 3.8) is 0 Å². The molecule has 0 bridgehead atoms. The minimum absolute atomic E-state index is 0.311. The smallest absolute Gasteiger partial charge is 0.178 e. The number of rotatable bonds is 1. The lowest BCUT2D eigenvalue weighted by atomic mass is 10.1. The van der Waals surface area contributed by atoms with Gasteiger partial charge in [-0.05, 0) is 36.5 Å². The van der Waals surface area contributed by atoms with Crippen LogP contribution >= 0.6 is 0 Å². The number of aryl methyl sites for hydroxylation is 2. The Morgan fingerprint density at radius 3 is 2.86 bits per heavy atom. The fourth-order valence-corrected chi connectivity index (χ4v) is 3.49. The van der Waals surface area contributed by atoms with E-state index in [1.807, 2.05) is 12.1 Å². The third-order valence-electron chi connectivity index (χ3n) is 2.73. The summed E-state index contributed by atoms with van der Waals surface area (Å²) in [7, 11) is -2.97. The van der Waals surface area contributed by atoms with Crippen molar-refractivity contribution >= 4 is 9.84 Å². The molecule has 1 aliphatic rings. The predicted molar refractivity (Wildman–Crippen MR) is 56.2 cm³/mol. The van der Waals surface area contributed by atoms with Gasteiger partial charge >= 0.3 is 0 Å². The third kappa shape index (κ3) is 1.57. The zero-order chi connectivity index (χ0) is 10.2. The third-order valence-corrected chi connectivity index (χ3v) is 4.62. The van der Waals surface area contributed by atoms with E-state index in [0.717, 1.165) is 24.8 Å². The molecule has 0 radical (unpaired) electrons. The largest absolute Gasteiger partial charge is 0.224 e. The SMILES string of the molecule is CCc1ccc2c(c1)CCCS2(=O)=O. The maximum absolute atomic E-state index is 11.7. The highest BCUT2D eigenvalue weighted by Crippen LogP contribution is 2.25. The standard InChI is InChI=1S/C11H14O2S/c1-2-9-5-6-11-10(8-9)4-3-7-14(11,12)13/h5-6,8H,2-4,7H2,1H3. The second-order valence-corrected chi connectivity index (χ2v) is 5.80. The number of hydrogen-bond donors (Lipinski definition) is 0. The lowest BCUT2D eigenvalue weighted by molar-refractivity contribution is 0.586. The van der Waals surface area contributed by atoms with Gasteiger partial charge in [-0.3, -0.25) is 0 Å². The highest BCUT2D eigenvalue weighted by atomic mass is 32.2. The van der Waals surface area contributed by atoms with Gasteiger partial charge < -0.3 is 0 Å². The van der Waals surface area contributed by atoms with Gasteiger partial charge in [0.2, 0.25) is 0 Å². The number of benzene rings is 1. The van der Waals surface area contributed by atoms with Crippen molar-refractivity contribution in [2.24, 2.45) is 0 Å². The van der Waals surface area contributed by atoms with Gasteiger partial charge in [0.1, 0.15) is 0 Å². The van der Waals surface area contributed by atoms with Crippen molar-refractivity contribution in [3.8, 4) is 0 Å².